The van der Waals surface area contributed by atoms with Crippen molar-refractivity contribution in [2.24, 2.45) is 0 Å². The summed E-state index contributed by atoms with van der Waals surface area (Å²) in [4.78, 5) is 14.8. The molecule has 0 aliphatic carbocycles. The lowest BCUT2D eigenvalue weighted by atomic mass is 9.89. The fourth-order valence-electron chi connectivity index (χ4n) is 4.13. The van der Waals surface area contributed by atoms with E-state index in [0.29, 0.717) is 24.1 Å². The van der Waals surface area contributed by atoms with E-state index in [0.717, 1.165) is 6.07 Å². The van der Waals surface area contributed by atoms with Crippen molar-refractivity contribution in [3.8, 4) is 28.6 Å². The van der Waals surface area contributed by atoms with Crippen LogP contribution in [-0.2, 0) is 0 Å². The molecule has 0 bridgehead atoms. The normalized spacial score (nSPS) is 19.2. The summed E-state index contributed by atoms with van der Waals surface area (Å²) in [5.41, 5.74) is 0.201. The van der Waals surface area contributed by atoms with Crippen LogP contribution >= 0.6 is 24.0 Å². The van der Waals surface area contributed by atoms with Gasteiger partial charge in [-0.2, -0.15) is 0 Å². The van der Waals surface area contributed by atoms with Crippen molar-refractivity contribution in [1.82, 2.24) is 4.90 Å². The molecule has 1 fully saturated rings. The second-order valence-corrected chi connectivity index (χ2v) is 7.70. The third-order valence-electron chi connectivity index (χ3n) is 5.59. The van der Waals surface area contributed by atoms with E-state index in [1.54, 1.807) is 0 Å². The van der Waals surface area contributed by atoms with E-state index >= 15 is 0 Å². The lowest BCUT2D eigenvalue weighted by molar-refractivity contribution is 0.172. The molecule has 0 radical (unpaired) electrons. The van der Waals surface area contributed by atoms with E-state index in [4.69, 9.17) is 16.0 Å². The van der Waals surface area contributed by atoms with Crippen LogP contribution in [0.4, 0.5) is 0 Å². The van der Waals surface area contributed by atoms with Crippen LogP contribution in [0.2, 0.25) is 5.02 Å². The van der Waals surface area contributed by atoms with Crippen molar-refractivity contribution in [3.05, 3.63) is 51.1 Å². The molecule has 4 N–H and O–H groups in total. The number of fused-ring (bicyclic) bond motifs is 1. The van der Waals surface area contributed by atoms with E-state index in [2.05, 4.69) is 0 Å². The van der Waals surface area contributed by atoms with Gasteiger partial charge in [-0.1, -0.05) is 11.6 Å². The molecule has 0 amide bonds. The molecule has 30 heavy (non-hydrogen) atoms. The smallest absolute Gasteiger partial charge is 0.197 e. The van der Waals surface area contributed by atoms with Gasteiger partial charge in [0.05, 0.1) is 11.6 Å². The van der Waals surface area contributed by atoms with Crippen molar-refractivity contribution in [2.45, 2.75) is 18.4 Å². The molecule has 0 spiro atoms. The zero-order valence-corrected chi connectivity index (χ0v) is 17.6. The number of benzene rings is 2. The Kier molecular flexibility index (Phi) is 6.19. The summed E-state index contributed by atoms with van der Waals surface area (Å²) in [5, 5.41) is 40.7. The maximum atomic E-state index is 12.8. The van der Waals surface area contributed by atoms with Crippen LogP contribution < -0.4 is 5.43 Å². The van der Waals surface area contributed by atoms with Gasteiger partial charge in [-0.25, -0.2) is 0 Å². The second kappa shape index (κ2) is 8.35. The van der Waals surface area contributed by atoms with Crippen LogP contribution in [0.15, 0.2) is 39.5 Å². The van der Waals surface area contributed by atoms with E-state index in [1.165, 1.54) is 24.3 Å². The number of nitrogens with zero attached hydrogens (tertiary/aromatic N) is 1. The topological polar surface area (TPSA) is 114 Å². The van der Waals surface area contributed by atoms with Gasteiger partial charge in [0.25, 0.3) is 0 Å². The average molecular weight is 454 g/mol. The van der Waals surface area contributed by atoms with E-state index in [1.807, 2.05) is 11.9 Å². The molecule has 1 saturated heterocycles. The van der Waals surface area contributed by atoms with Gasteiger partial charge >= 0.3 is 0 Å². The maximum Gasteiger partial charge on any atom is 0.197 e. The van der Waals surface area contributed by atoms with Gasteiger partial charge in [0.15, 0.2) is 5.43 Å². The highest BCUT2D eigenvalue weighted by atomic mass is 35.5. The highest BCUT2D eigenvalue weighted by Crippen LogP contribution is 2.44. The Hall–Kier alpha value is -2.45. The minimum atomic E-state index is -0.508. The first-order chi connectivity index (χ1) is 13.8. The molecular formula is C21H21Cl2NO6. The zero-order valence-electron chi connectivity index (χ0n) is 16.0. The average Bonchev–Trinajstić information content (AvgIpc) is 3.03. The monoisotopic (exact) mass is 453 g/mol. The number of aliphatic hydroxyl groups excluding tert-OH is 1. The van der Waals surface area contributed by atoms with Gasteiger partial charge in [0.2, 0.25) is 0 Å². The van der Waals surface area contributed by atoms with Crippen LogP contribution in [-0.4, -0.2) is 51.6 Å². The highest BCUT2D eigenvalue weighted by molar-refractivity contribution is 6.33. The lowest BCUT2D eigenvalue weighted by Crippen LogP contribution is -2.32. The van der Waals surface area contributed by atoms with Crippen molar-refractivity contribution in [3.63, 3.8) is 0 Å². The van der Waals surface area contributed by atoms with Crippen LogP contribution in [0.25, 0.3) is 22.3 Å². The summed E-state index contributed by atoms with van der Waals surface area (Å²) in [6.07, 6.45) is 0.635. The van der Waals surface area contributed by atoms with Crippen molar-refractivity contribution in [1.29, 1.82) is 0 Å². The number of aromatic hydroxyl groups is 3. The van der Waals surface area contributed by atoms with Crippen LogP contribution in [0.3, 0.4) is 0 Å². The fourth-order valence-corrected chi connectivity index (χ4v) is 4.34. The molecule has 4 rings (SSSR count). The predicted molar refractivity (Wildman–Crippen MR) is 116 cm³/mol. The minimum absolute atomic E-state index is 0. The Morgan fingerprint density at radius 1 is 1.17 bits per heavy atom. The summed E-state index contributed by atoms with van der Waals surface area (Å²) in [5.74, 6) is -0.858. The van der Waals surface area contributed by atoms with Crippen molar-refractivity contribution in [2.75, 3.05) is 20.2 Å². The van der Waals surface area contributed by atoms with Gasteiger partial charge in [0.1, 0.15) is 34.0 Å². The number of likely N-dealkylation sites (tertiary alicyclic amines) is 1. The Balaban J connectivity index is 0.00000256. The molecule has 2 heterocycles. The van der Waals surface area contributed by atoms with Crippen LogP contribution in [0.1, 0.15) is 17.9 Å². The summed E-state index contributed by atoms with van der Waals surface area (Å²) in [6, 6.07) is 6.30. The number of rotatable bonds is 3. The van der Waals surface area contributed by atoms with Gasteiger partial charge < -0.3 is 29.7 Å². The molecule has 160 valence electrons. The molecule has 1 aliphatic heterocycles. The van der Waals surface area contributed by atoms with E-state index in [9.17, 15) is 25.2 Å². The standard InChI is InChI=1S/C21H20ClNO6.ClH/c1-23-5-4-11(14(23)9-24)19-15(26)7-16(27)20-17(28)8-18(29-21(19)20)12-6-10(25)2-3-13(12)22;/h2-3,6-8,11,14,24-27H,4-5,9H2,1H3;1H/t11-,14+;/m1./s1. The first-order valence-corrected chi connectivity index (χ1v) is 9.52. The van der Waals surface area contributed by atoms with E-state index < -0.39 is 11.2 Å². The van der Waals surface area contributed by atoms with Gasteiger partial charge in [-0.3, -0.25) is 4.79 Å². The number of hydrogen-bond donors (Lipinski definition) is 4. The SMILES string of the molecule is CN1CC[C@@H](c2c(O)cc(O)c3c(=O)cc(-c4cc(O)ccc4Cl)oc23)[C@@H]1CO.Cl. The molecule has 2 atom stereocenters. The summed E-state index contributed by atoms with van der Waals surface area (Å²) < 4.78 is 5.98. The quantitative estimate of drug-likeness (QED) is 0.480. The van der Waals surface area contributed by atoms with Crippen molar-refractivity contribution < 1.29 is 24.8 Å². The first kappa shape index (κ1) is 22.2. The lowest BCUT2D eigenvalue weighted by Gasteiger charge is -2.24. The molecule has 7 nitrogen and oxygen atoms in total. The largest absolute Gasteiger partial charge is 0.508 e. The zero-order chi connectivity index (χ0) is 20.9. The molecule has 0 unspecified atom stereocenters. The predicted octanol–water partition coefficient (Wildman–Crippen LogP) is 3.43. The summed E-state index contributed by atoms with van der Waals surface area (Å²) in [6.45, 7) is 0.561. The highest BCUT2D eigenvalue weighted by Gasteiger charge is 2.36. The Labute approximate surface area is 183 Å². The molecule has 1 aromatic heterocycles. The van der Waals surface area contributed by atoms with Gasteiger partial charge in [-0.05, 0) is 38.2 Å². The maximum absolute atomic E-state index is 12.8. The number of likely N-dealkylation sites (N-methyl/N-ethyl adjacent to an activating group) is 1. The summed E-state index contributed by atoms with van der Waals surface area (Å²) in [7, 11) is 1.87. The molecule has 2 aromatic carbocycles. The molecule has 1 aliphatic rings. The summed E-state index contributed by atoms with van der Waals surface area (Å²) >= 11 is 6.22. The Morgan fingerprint density at radius 2 is 1.90 bits per heavy atom. The second-order valence-electron chi connectivity index (χ2n) is 7.30. The third-order valence-corrected chi connectivity index (χ3v) is 5.92. The minimum Gasteiger partial charge on any atom is -0.508 e. The number of hydrogen-bond acceptors (Lipinski definition) is 7. The van der Waals surface area contributed by atoms with Crippen molar-refractivity contribution >= 4 is 35.0 Å². The Bertz CT molecular complexity index is 1160. The number of phenols is 3. The number of aliphatic hydroxyl groups is 1. The van der Waals surface area contributed by atoms with Crippen LogP contribution in [0.5, 0.6) is 17.2 Å². The van der Waals surface area contributed by atoms with Crippen LogP contribution in [0, 0.1) is 0 Å². The molecule has 9 heteroatoms. The van der Waals surface area contributed by atoms with E-state index in [-0.39, 0.29) is 64.2 Å². The molecule has 3 aromatic rings. The fraction of sp³-hybridized carbons (Fsp3) is 0.286. The molecular weight excluding hydrogens is 433 g/mol. The molecule has 0 saturated carbocycles. The van der Waals surface area contributed by atoms with Gasteiger partial charge in [0, 0.05) is 35.2 Å². The number of phenolic OH excluding ortho intramolecular Hbond substituents is 3. The third kappa shape index (κ3) is 3.58. The number of halogens is 2. The first-order valence-electron chi connectivity index (χ1n) is 9.14. The van der Waals surface area contributed by atoms with Gasteiger partial charge in [-0.15, -0.1) is 12.4 Å². The Morgan fingerprint density at radius 3 is 2.60 bits per heavy atom.